The summed E-state index contributed by atoms with van der Waals surface area (Å²) in [7, 11) is 1.79. The Bertz CT molecular complexity index is 235. The van der Waals surface area contributed by atoms with Crippen LogP contribution in [0, 0.1) is 0 Å². The number of nitrogens with zero attached hydrogens (tertiary/aromatic N) is 1. The van der Waals surface area contributed by atoms with Gasteiger partial charge in [-0.05, 0) is 32.2 Å². The molecule has 2 unspecified atom stereocenters. The Balaban J connectivity index is 2.72. The minimum Gasteiger partial charge on any atom is -0.383 e. The average molecular weight is 286 g/mol. The van der Waals surface area contributed by atoms with Crippen molar-refractivity contribution < 1.29 is 9.47 Å². The highest BCUT2D eigenvalue weighted by molar-refractivity contribution is 4.90. The van der Waals surface area contributed by atoms with Crippen LogP contribution in [0.5, 0.6) is 0 Å². The molecule has 1 aliphatic heterocycles. The van der Waals surface area contributed by atoms with Gasteiger partial charge in [-0.3, -0.25) is 4.90 Å². The van der Waals surface area contributed by atoms with Crippen LogP contribution in [0.15, 0.2) is 0 Å². The number of ether oxygens (including phenoxy) is 2. The van der Waals surface area contributed by atoms with Gasteiger partial charge in [0.2, 0.25) is 0 Å². The van der Waals surface area contributed by atoms with Crippen LogP contribution in [-0.4, -0.2) is 63.0 Å². The molecule has 1 aliphatic rings. The standard InChI is InChI=1S/C16H34N2O2/c1-5-9-17-15-8-11-20-13-16(15)18(10-12-19-4)14(6-2)7-3/h14-17H,5-13H2,1-4H3. The van der Waals surface area contributed by atoms with Gasteiger partial charge in [0.15, 0.2) is 0 Å². The zero-order valence-corrected chi connectivity index (χ0v) is 13.9. The highest BCUT2D eigenvalue weighted by atomic mass is 16.5. The molecular weight excluding hydrogens is 252 g/mol. The molecule has 1 saturated heterocycles. The van der Waals surface area contributed by atoms with E-state index in [4.69, 9.17) is 9.47 Å². The molecule has 0 spiro atoms. The van der Waals surface area contributed by atoms with Gasteiger partial charge in [0.05, 0.1) is 13.2 Å². The Labute approximate surface area is 125 Å². The van der Waals surface area contributed by atoms with Gasteiger partial charge in [-0.15, -0.1) is 0 Å². The maximum absolute atomic E-state index is 5.77. The molecule has 1 fully saturated rings. The molecule has 4 nitrogen and oxygen atoms in total. The summed E-state index contributed by atoms with van der Waals surface area (Å²) in [5.41, 5.74) is 0. The molecule has 4 heteroatoms. The molecule has 1 heterocycles. The van der Waals surface area contributed by atoms with Crippen molar-refractivity contribution in [2.24, 2.45) is 0 Å². The summed E-state index contributed by atoms with van der Waals surface area (Å²) < 4.78 is 11.1. The van der Waals surface area contributed by atoms with Crippen LogP contribution in [0.3, 0.4) is 0 Å². The van der Waals surface area contributed by atoms with Crippen LogP contribution in [0.2, 0.25) is 0 Å². The second-order valence-corrected chi connectivity index (χ2v) is 5.69. The van der Waals surface area contributed by atoms with Crippen LogP contribution in [-0.2, 0) is 9.47 Å². The molecule has 0 bridgehead atoms. The quantitative estimate of drug-likeness (QED) is 0.668. The zero-order valence-electron chi connectivity index (χ0n) is 13.9. The van der Waals surface area contributed by atoms with E-state index in [9.17, 15) is 0 Å². The predicted molar refractivity (Wildman–Crippen MR) is 84.3 cm³/mol. The highest BCUT2D eigenvalue weighted by Gasteiger charge is 2.33. The van der Waals surface area contributed by atoms with Crippen LogP contribution in [0.4, 0.5) is 0 Å². The third-order valence-electron chi connectivity index (χ3n) is 4.37. The number of hydrogen-bond donors (Lipinski definition) is 1. The molecule has 0 aromatic rings. The zero-order chi connectivity index (χ0) is 14.8. The minimum absolute atomic E-state index is 0.482. The molecule has 20 heavy (non-hydrogen) atoms. The Kier molecular flexibility index (Phi) is 9.44. The first kappa shape index (κ1) is 17.9. The van der Waals surface area contributed by atoms with E-state index in [1.807, 2.05) is 0 Å². The second kappa shape index (κ2) is 10.6. The molecule has 0 saturated carbocycles. The van der Waals surface area contributed by atoms with Crippen molar-refractivity contribution in [3.05, 3.63) is 0 Å². The van der Waals surface area contributed by atoms with Gasteiger partial charge in [0.25, 0.3) is 0 Å². The van der Waals surface area contributed by atoms with Crippen LogP contribution >= 0.6 is 0 Å². The Morgan fingerprint density at radius 2 is 2.05 bits per heavy atom. The molecule has 0 radical (unpaired) electrons. The predicted octanol–water partition coefficient (Wildman–Crippen LogP) is 2.28. The first-order chi connectivity index (χ1) is 9.78. The largest absolute Gasteiger partial charge is 0.383 e. The van der Waals surface area contributed by atoms with E-state index in [0.29, 0.717) is 18.1 Å². The summed E-state index contributed by atoms with van der Waals surface area (Å²) in [4.78, 5) is 2.62. The van der Waals surface area contributed by atoms with Crippen molar-refractivity contribution in [2.45, 2.75) is 64.6 Å². The lowest BCUT2D eigenvalue weighted by Gasteiger charge is -2.43. The van der Waals surface area contributed by atoms with E-state index in [2.05, 4.69) is 31.0 Å². The van der Waals surface area contributed by atoms with Crippen molar-refractivity contribution in [3.8, 4) is 0 Å². The molecule has 0 amide bonds. The number of rotatable bonds is 10. The van der Waals surface area contributed by atoms with E-state index >= 15 is 0 Å². The van der Waals surface area contributed by atoms with Crippen molar-refractivity contribution >= 4 is 0 Å². The average Bonchev–Trinajstić information content (AvgIpc) is 2.50. The van der Waals surface area contributed by atoms with Gasteiger partial charge < -0.3 is 14.8 Å². The SMILES string of the molecule is CCCNC1CCOCC1N(CCOC)C(CC)CC. The maximum Gasteiger partial charge on any atom is 0.0637 e. The van der Waals surface area contributed by atoms with Crippen LogP contribution in [0.1, 0.15) is 46.5 Å². The summed E-state index contributed by atoms with van der Waals surface area (Å²) in [6.45, 7) is 11.4. The maximum atomic E-state index is 5.77. The molecule has 0 aliphatic carbocycles. The molecule has 120 valence electrons. The summed E-state index contributed by atoms with van der Waals surface area (Å²) >= 11 is 0. The van der Waals surface area contributed by atoms with Gasteiger partial charge in [-0.1, -0.05) is 20.8 Å². The fourth-order valence-corrected chi connectivity index (χ4v) is 3.19. The van der Waals surface area contributed by atoms with E-state index in [1.165, 1.54) is 19.3 Å². The summed E-state index contributed by atoms with van der Waals surface area (Å²) in [5, 5.41) is 3.72. The Hall–Kier alpha value is -0.160. The third kappa shape index (κ3) is 5.32. The molecular formula is C16H34N2O2. The first-order valence-electron chi connectivity index (χ1n) is 8.34. The number of nitrogens with one attached hydrogen (secondary N) is 1. The Morgan fingerprint density at radius 1 is 1.30 bits per heavy atom. The monoisotopic (exact) mass is 286 g/mol. The van der Waals surface area contributed by atoms with Crippen molar-refractivity contribution in [1.29, 1.82) is 0 Å². The van der Waals surface area contributed by atoms with Gasteiger partial charge in [0, 0.05) is 38.4 Å². The molecule has 1 rings (SSSR count). The van der Waals surface area contributed by atoms with Crippen molar-refractivity contribution in [1.82, 2.24) is 10.2 Å². The van der Waals surface area contributed by atoms with E-state index in [0.717, 1.165) is 39.3 Å². The van der Waals surface area contributed by atoms with Gasteiger partial charge in [0.1, 0.15) is 0 Å². The lowest BCUT2D eigenvalue weighted by molar-refractivity contribution is -0.0290. The fourth-order valence-electron chi connectivity index (χ4n) is 3.19. The third-order valence-corrected chi connectivity index (χ3v) is 4.37. The molecule has 1 N–H and O–H groups in total. The second-order valence-electron chi connectivity index (χ2n) is 5.69. The van der Waals surface area contributed by atoms with Gasteiger partial charge in [-0.25, -0.2) is 0 Å². The number of methoxy groups -OCH3 is 1. The van der Waals surface area contributed by atoms with Gasteiger partial charge >= 0.3 is 0 Å². The lowest BCUT2D eigenvalue weighted by atomic mass is 9.98. The van der Waals surface area contributed by atoms with E-state index < -0.39 is 0 Å². The van der Waals surface area contributed by atoms with Crippen LogP contribution < -0.4 is 5.32 Å². The highest BCUT2D eigenvalue weighted by Crippen LogP contribution is 2.20. The molecule has 0 aromatic carbocycles. The lowest BCUT2D eigenvalue weighted by Crippen LogP contribution is -2.58. The van der Waals surface area contributed by atoms with Crippen molar-refractivity contribution in [2.75, 3.05) is 40.0 Å². The van der Waals surface area contributed by atoms with Gasteiger partial charge in [-0.2, -0.15) is 0 Å². The molecule has 0 aromatic heterocycles. The molecule has 2 atom stereocenters. The summed E-state index contributed by atoms with van der Waals surface area (Å²) in [6, 6.07) is 1.67. The van der Waals surface area contributed by atoms with Crippen molar-refractivity contribution in [3.63, 3.8) is 0 Å². The topological polar surface area (TPSA) is 33.7 Å². The number of hydrogen-bond acceptors (Lipinski definition) is 4. The van der Waals surface area contributed by atoms with E-state index in [1.54, 1.807) is 7.11 Å². The van der Waals surface area contributed by atoms with E-state index in [-0.39, 0.29) is 0 Å². The minimum atomic E-state index is 0.482. The normalized spacial score (nSPS) is 23.7. The summed E-state index contributed by atoms with van der Waals surface area (Å²) in [5.74, 6) is 0. The first-order valence-corrected chi connectivity index (χ1v) is 8.34. The fraction of sp³-hybridized carbons (Fsp3) is 1.00. The Morgan fingerprint density at radius 3 is 2.65 bits per heavy atom. The summed E-state index contributed by atoms with van der Waals surface area (Å²) in [6.07, 6.45) is 4.69. The van der Waals surface area contributed by atoms with Crippen LogP contribution in [0.25, 0.3) is 0 Å². The smallest absolute Gasteiger partial charge is 0.0637 e.